The third-order valence-electron chi connectivity index (χ3n) is 5.37. The zero-order valence-electron chi connectivity index (χ0n) is 19.5. The molecule has 0 radical (unpaired) electrons. The van der Waals surface area contributed by atoms with Crippen LogP contribution in [0.15, 0.2) is 11.9 Å². The maximum atomic E-state index is 12.6. The summed E-state index contributed by atoms with van der Waals surface area (Å²) in [5, 5.41) is 8.93. The number of nitrogens with zero attached hydrogens (tertiary/aromatic N) is 2. The van der Waals surface area contributed by atoms with Crippen molar-refractivity contribution in [3.05, 3.63) is 11.9 Å². The van der Waals surface area contributed by atoms with Gasteiger partial charge in [0.2, 0.25) is 0 Å². The van der Waals surface area contributed by atoms with E-state index in [0.717, 1.165) is 0 Å². The zero-order chi connectivity index (χ0) is 23.2. The van der Waals surface area contributed by atoms with E-state index in [-0.39, 0.29) is 49.9 Å². The highest BCUT2D eigenvalue weighted by atomic mass is 31.2. The third kappa shape index (κ3) is 6.60. The van der Waals surface area contributed by atoms with Gasteiger partial charge in [0.25, 0.3) is 8.53 Å². The Labute approximate surface area is 188 Å². The summed E-state index contributed by atoms with van der Waals surface area (Å²) < 4.78 is 49.8. The number of hydrogen-bond donors (Lipinski definition) is 0. The SMILES string of the molecule is B[C@@H]1O[C@@]2(/C=C/P(=O)(OC)OC)CO[C@@H]1C[C@@H]2OP(OCCC#N)N(C(C)C)C(C)C. The molecule has 3 fully saturated rings. The van der Waals surface area contributed by atoms with Gasteiger partial charge in [-0.15, -0.1) is 0 Å². The van der Waals surface area contributed by atoms with Crippen molar-refractivity contribution in [1.82, 2.24) is 4.67 Å². The quantitative estimate of drug-likeness (QED) is 0.239. The summed E-state index contributed by atoms with van der Waals surface area (Å²) in [6, 6.07) is 2.33. The summed E-state index contributed by atoms with van der Waals surface area (Å²) in [7, 11) is -0.216. The van der Waals surface area contributed by atoms with Crippen LogP contribution in [0.1, 0.15) is 40.5 Å². The molecule has 176 valence electrons. The fourth-order valence-corrected chi connectivity index (χ4v) is 6.43. The summed E-state index contributed by atoms with van der Waals surface area (Å²) in [5.41, 5.74) is -0.945. The smallest absolute Gasteiger partial charge is 0.353 e. The van der Waals surface area contributed by atoms with Crippen molar-refractivity contribution in [1.29, 1.82) is 5.26 Å². The lowest BCUT2D eigenvalue weighted by atomic mass is 9.78. The molecule has 0 saturated carbocycles. The van der Waals surface area contributed by atoms with E-state index in [4.69, 9.17) is 32.8 Å². The largest absolute Gasteiger partial charge is 0.373 e. The Morgan fingerprint density at radius 1 is 1.32 bits per heavy atom. The molecule has 3 heterocycles. The molecule has 0 spiro atoms. The van der Waals surface area contributed by atoms with Gasteiger partial charge in [0.15, 0.2) is 0 Å². The van der Waals surface area contributed by atoms with Crippen molar-refractivity contribution in [3.63, 3.8) is 0 Å². The van der Waals surface area contributed by atoms with Crippen LogP contribution < -0.4 is 0 Å². The second kappa shape index (κ2) is 11.7. The predicted molar refractivity (Wildman–Crippen MR) is 121 cm³/mol. The standard InChI is InChI=1S/C19H35BN2O7P2/c1-14(2)22(15(3)4)30(27-10-7-9-21)29-17-12-16-18(20)28-19(17,13-26-16)8-11-31(23,24-5)25-6/h8,11,14-18H,7,10,12-13,20H2,1-6H3/b11-8+/t16-,17+,18-,19+,30?/m1/s1. The highest BCUT2D eigenvalue weighted by Crippen LogP contribution is 2.54. The monoisotopic (exact) mass is 476 g/mol. The Bertz CT molecular complexity index is 689. The molecule has 3 saturated heterocycles. The normalized spacial score (nSPS) is 29.9. The molecule has 0 aromatic rings. The molecular weight excluding hydrogens is 441 g/mol. The molecule has 3 rings (SSSR count). The predicted octanol–water partition coefficient (Wildman–Crippen LogP) is 3.16. The lowest BCUT2D eigenvalue weighted by molar-refractivity contribution is -0.263. The topological polar surface area (TPSA) is 99.5 Å². The summed E-state index contributed by atoms with van der Waals surface area (Å²) in [6.45, 7) is 8.90. The number of nitriles is 1. The molecular formula is C19H35BN2O7P2. The van der Waals surface area contributed by atoms with Gasteiger partial charge in [-0.3, -0.25) is 4.57 Å². The van der Waals surface area contributed by atoms with Gasteiger partial charge >= 0.3 is 7.60 Å². The molecule has 9 nitrogen and oxygen atoms in total. The highest BCUT2D eigenvalue weighted by Gasteiger charge is 2.54. The molecule has 3 aliphatic rings. The first-order valence-electron chi connectivity index (χ1n) is 10.6. The average molecular weight is 476 g/mol. The molecule has 0 aromatic carbocycles. The van der Waals surface area contributed by atoms with Crippen molar-refractivity contribution >= 4 is 24.0 Å². The van der Waals surface area contributed by atoms with E-state index >= 15 is 0 Å². The molecule has 0 amide bonds. The van der Waals surface area contributed by atoms with Crippen molar-refractivity contribution in [3.8, 4) is 6.07 Å². The minimum atomic E-state index is -3.38. The highest BCUT2D eigenvalue weighted by molar-refractivity contribution is 7.57. The maximum Gasteiger partial charge on any atom is 0.353 e. The number of fused-ring (bicyclic) bond motifs is 3. The van der Waals surface area contributed by atoms with Crippen LogP contribution >= 0.6 is 16.1 Å². The maximum absolute atomic E-state index is 12.6. The Hall–Kier alpha value is -0.325. The van der Waals surface area contributed by atoms with Gasteiger partial charge in [0.05, 0.1) is 37.8 Å². The fraction of sp³-hybridized carbons (Fsp3) is 0.842. The van der Waals surface area contributed by atoms with E-state index in [1.807, 2.05) is 7.85 Å². The Kier molecular flexibility index (Phi) is 10.2. The van der Waals surface area contributed by atoms with E-state index < -0.39 is 21.7 Å². The van der Waals surface area contributed by atoms with E-state index in [9.17, 15) is 4.57 Å². The molecule has 3 aliphatic heterocycles. The number of rotatable bonds is 12. The third-order valence-corrected chi connectivity index (χ3v) is 9.04. The van der Waals surface area contributed by atoms with Gasteiger partial charge in [-0.2, -0.15) is 5.26 Å². The summed E-state index contributed by atoms with van der Waals surface area (Å²) in [5.74, 6) is 1.41. The van der Waals surface area contributed by atoms with E-state index in [1.165, 1.54) is 20.0 Å². The van der Waals surface area contributed by atoms with Crippen molar-refractivity contribution in [2.24, 2.45) is 0 Å². The molecule has 31 heavy (non-hydrogen) atoms. The molecule has 0 N–H and O–H groups in total. The van der Waals surface area contributed by atoms with Crippen LogP contribution in [0.4, 0.5) is 0 Å². The van der Waals surface area contributed by atoms with E-state index in [2.05, 4.69) is 38.4 Å². The average Bonchev–Trinajstić information content (AvgIpc) is 2.72. The van der Waals surface area contributed by atoms with Crippen molar-refractivity contribution < 1.29 is 32.1 Å². The lowest BCUT2D eigenvalue weighted by Gasteiger charge is -2.53. The van der Waals surface area contributed by atoms with Gasteiger partial charge in [-0.05, 0) is 33.8 Å². The first-order valence-corrected chi connectivity index (χ1v) is 13.3. The second-order valence-electron chi connectivity index (χ2n) is 8.22. The van der Waals surface area contributed by atoms with Gasteiger partial charge < -0.3 is 27.6 Å². The molecule has 0 aromatic heterocycles. The summed E-state index contributed by atoms with van der Waals surface area (Å²) in [6.07, 6.45) is 2.11. The van der Waals surface area contributed by atoms with Crippen molar-refractivity contribution in [2.45, 2.75) is 76.4 Å². The fourth-order valence-electron chi connectivity index (χ4n) is 3.81. The van der Waals surface area contributed by atoms with Gasteiger partial charge in [-0.25, -0.2) is 4.67 Å². The van der Waals surface area contributed by atoms with Crippen LogP contribution in [0.2, 0.25) is 0 Å². The van der Waals surface area contributed by atoms with Crippen LogP contribution in [0, 0.1) is 11.3 Å². The van der Waals surface area contributed by atoms with Gasteiger partial charge in [0.1, 0.15) is 19.6 Å². The van der Waals surface area contributed by atoms with E-state index in [1.54, 1.807) is 6.08 Å². The summed E-state index contributed by atoms with van der Waals surface area (Å²) >= 11 is 0. The molecule has 5 atom stereocenters. The summed E-state index contributed by atoms with van der Waals surface area (Å²) in [4.78, 5) is 0. The van der Waals surface area contributed by atoms with Crippen LogP contribution in [-0.4, -0.2) is 75.8 Å². The van der Waals surface area contributed by atoms with Crippen LogP contribution in [0.5, 0.6) is 0 Å². The van der Waals surface area contributed by atoms with Crippen LogP contribution in [0.3, 0.4) is 0 Å². The minimum absolute atomic E-state index is 0.0977. The van der Waals surface area contributed by atoms with Gasteiger partial charge in [-0.1, -0.05) is 0 Å². The molecule has 1 unspecified atom stereocenters. The van der Waals surface area contributed by atoms with E-state index in [0.29, 0.717) is 6.42 Å². The molecule has 2 bridgehead atoms. The first-order chi connectivity index (χ1) is 14.6. The Balaban J connectivity index is 2.33. The minimum Gasteiger partial charge on any atom is -0.373 e. The van der Waals surface area contributed by atoms with Crippen molar-refractivity contribution in [2.75, 3.05) is 27.4 Å². The number of ether oxygens (including phenoxy) is 2. The first kappa shape index (κ1) is 26.9. The molecule has 12 heteroatoms. The zero-order valence-corrected chi connectivity index (χ0v) is 21.3. The van der Waals surface area contributed by atoms with Crippen LogP contribution in [-0.2, 0) is 32.1 Å². The molecule has 0 aliphatic carbocycles. The second-order valence-corrected chi connectivity index (χ2v) is 11.7. The van der Waals surface area contributed by atoms with Gasteiger partial charge in [0, 0.05) is 38.5 Å². The Morgan fingerprint density at radius 2 is 1.97 bits per heavy atom. The Morgan fingerprint density at radius 3 is 2.48 bits per heavy atom. The van der Waals surface area contributed by atoms with Crippen LogP contribution in [0.25, 0.3) is 0 Å². The number of hydrogen-bond acceptors (Lipinski definition) is 9. The lowest BCUT2D eigenvalue weighted by Crippen LogP contribution is -2.64.